The van der Waals surface area contributed by atoms with E-state index in [1.54, 1.807) is 0 Å². The Morgan fingerprint density at radius 1 is 1.00 bits per heavy atom. The molecule has 0 unspecified atom stereocenters. The van der Waals surface area contributed by atoms with Gasteiger partial charge in [-0.05, 0) is 0 Å². The molecular weight excluding hydrogens is 274 g/mol. The summed E-state index contributed by atoms with van der Waals surface area (Å²) in [5, 5.41) is 0. The molecule has 0 N–H and O–H groups in total. The second-order valence-corrected chi connectivity index (χ2v) is 0. The van der Waals surface area contributed by atoms with E-state index in [-0.39, 0.29) is 88.5 Å². The van der Waals surface area contributed by atoms with E-state index < -0.39 is 0 Å². The van der Waals surface area contributed by atoms with Crippen LogP contribution in [0.25, 0.3) is 0 Å². The number of hydrogen-bond acceptors (Lipinski definition) is 0. The van der Waals surface area contributed by atoms with Crippen LogP contribution in [0, 0.1) is 0 Å². The Morgan fingerprint density at radius 3 is 1.00 bits per heavy atom. The van der Waals surface area contributed by atoms with Crippen LogP contribution in [0.5, 0.6) is 0 Å². The molecular formula is H2BeCoCuFeNiSi. The van der Waals surface area contributed by atoms with E-state index in [4.69, 9.17) is 0 Å². The predicted molar refractivity (Wildman–Crippen MR) is 14.3 cm³/mol. The third-order valence-corrected chi connectivity index (χ3v) is 0. The van der Waals surface area contributed by atoms with Crippen molar-refractivity contribution in [2.75, 3.05) is 0 Å². The summed E-state index contributed by atoms with van der Waals surface area (Å²) in [5.41, 5.74) is 0. The van der Waals surface area contributed by atoms with Gasteiger partial charge in [-0.15, -0.1) is 0 Å². The summed E-state index contributed by atoms with van der Waals surface area (Å²) in [7, 11) is 0. The van der Waals surface area contributed by atoms with Gasteiger partial charge in [-0.3, -0.25) is 0 Å². The van der Waals surface area contributed by atoms with Gasteiger partial charge in [-0.25, -0.2) is 0 Å². The first-order valence-corrected chi connectivity index (χ1v) is 0. The average molecular weight is 276 g/mol. The quantitative estimate of drug-likeness (QED) is 0.482. The molecule has 0 aromatic carbocycles. The van der Waals surface area contributed by atoms with Crippen molar-refractivity contribution in [2.24, 2.45) is 0 Å². The minimum Gasteiger partial charge on any atom is 0 e. The molecule has 0 amide bonds. The van der Waals surface area contributed by atoms with Crippen LogP contribution < -0.4 is 0 Å². The molecule has 0 saturated heterocycles. The predicted octanol–water partition coefficient (Wildman–Crippen LogP) is -1.31. The molecule has 0 fully saturated rings. The van der Waals surface area contributed by atoms with Crippen LogP contribution >= 0.6 is 0 Å². The fourth-order valence-electron chi connectivity index (χ4n) is 0. The Labute approximate surface area is 87.7 Å². The maximum atomic E-state index is 0. The van der Waals surface area contributed by atoms with Gasteiger partial charge in [0.2, 0.25) is 0 Å². The van der Waals surface area contributed by atoms with E-state index in [1.807, 2.05) is 0 Å². The van der Waals surface area contributed by atoms with Crippen LogP contribution in [-0.2, 0) is 67.4 Å². The minimum absolute atomic E-state index is 0. The van der Waals surface area contributed by atoms with Crippen LogP contribution in [0.4, 0.5) is 0 Å². The molecule has 6 radical (unpaired) electrons. The van der Waals surface area contributed by atoms with Gasteiger partial charge in [0.1, 0.15) is 0 Å². The van der Waals surface area contributed by atoms with Crippen molar-refractivity contribution in [1.82, 2.24) is 0 Å². The summed E-state index contributed by atoms with van der Waals surface area (Å²) >= 11 is 0. The topological polar surface area (TPSA) is 0 Å². The summed E-state index contributed by atoms with van der Waals surface area (Å²) in [6.07, 6.45) is 0. The maximum absolute atomic E-state index is 0. The molecule has 0 bridgehead atoms. The maximum Gasteiger partial charge on any atom is 0 e. The van der Waals surface area contributed by atoms with Gasteiger partial charge in [0.05, 0.1) is 0 Å². The first kappa shape index (κ1) is 79.0. The zero-order chi connectivity index (χ0) is 0. The fraction of sp³-hybridized carbons (Fsp3) is 0. The van der Waals surface area contributed by atoms with E-state index in [0.717, 1.165) is 0 Å². The Bertz CT molecular complexity index is 15.5. The molecule has 0 rings (SSSR count). The van der Waals surface area contributed by atoms with Crippen molar-refractivity contribution in [2.45, 2.75) is 0 Å². The monoisotopic (exact) mass is 275 g/mol. The molecule has 0 spiro atoms. The van der Waals surface area contributed by atoms with Crippen molar-refractivity contribution in [3.05, 3.63) is 0 Å². The van der Waals surface area contributed by atoms with E-state index >= 15 is 0 Å². The third-order valence-electron chi connectivity index (χ3n) is 0. The van der Waals surface area contributed by atoms with Gasteiger partial charge in [0.15, 0.2) is 0 Å². The van der Waals surface area contributed by atoms with Gasteiger partial charge in [-0.2, -0.15) is 0 Å². The largest absolute Gasteiger partial charge is 0 e. The molecule has 0 nitrogen and oxygen atoms in total. The second-order valence-electron chi connectivity index (χ2n) is 0. The first-order valence-electron chi connectivity index (χ1n) is 0. The van der Waals surface area contributed by atoms with Gasteiger partial charge >= 0.3 is 10.1 Å². The van der Waals surface area contributed by atoms with Crippen molar-refractivity contribution in [3.8, 4) is 0 Å². The zero-order valence-corrected chi connectivity index (χ0v) is 6.88. The van der Waals surface area contributed by atoms with E-state index in [2.05, 4.69) is 0 Å². The van der Waals surface area contributed by atoms with Gasteiger partial charge < -0.3 is 0 Å². The number of rotatable bonds is 0. The van der Waals surface area contributed by atoms with Crippen LogP contribution in [0.3, 0.4) is 0 Å². The van der Waals surface area contributed by atoms with Gasteiger partial charge in [0.25, 0.3) is 0 Å². The molecule has 0 saturated carbocycles. The molecule has 46 valence electrons. The Kier molecular flexibility index (Phi) is 686. The molecule has 0 atom stereocenters. The Balaban J connectivity index is 0. The van der Waals surface area contributed by atoms with Crippen LogP contribution in [-0.4, -0.2) is 21.1 Å². The normalized spacial score (nSPS) is 0. The molecule has 6 heavy (non-hydrogen) atoms. The molecule has 0 aliphatic carbocycles. The fourth-order valence-corrected chi connectivity index (χ4v) is 0. The summed E-state index contributed by atoms with van der Waals surface area (Å²) in [5.74, 6) is 0. The van der Waals surface area contributed by atoms with Gasteiger partial charge in [-0.1, -0.05) is 0 Å². The average Bonchev–Trinajstić information content (AvgIpc) is 0. The van der Waals surface area contributed by atoms with Crippen LogP contribution in [0.2, 0.25) is 0 Å². The molecule has 0 aliphatic heterocycles. The van der Waals surface area contributed by atoms with Crippen molar-refractivity contribution in [3.63, 3.8) is 0 Å². The van der Waals surface area contributed by atoms with Crippen LogP contribution in [0.1, 0.15) is 0 Å². The summed E-state index contributed by atoms with van der Waals surface area (Å²) in [6.45, 7) is 0. The Morgan fingerprint density at radius 2 is 1.00 bits per heavy atom. The molecule has 0 heterocycles. The third kappa shape index (κ3) is 32.2. The Hall–Kier alpha value is 2.42. The first-order chi connectivity index (χ1) is 0. The van der Waals surface area contributed by atoms with Crippen molar-refractivity contribution < 1.29 is 67.4 Å². The number of hydrogen-bond donors (Lipinski definition) is 0. The smallest absolute Gasteiger partial charge is 0 e. The molecule has 0 aliphatic rings. The molecule has 6 heteroatoms. The van der Waals surface area contributed by atoms with Gasteiger partial charge in [0, 0.05) is 78.4 Å². The SMILES string of the molecule is [BeH2].[Co].[Cu].[Fe].[Ni].[Si]. The summed E-state index contributed by atoms with van der Waals surface area (Å²) in [4.78, 5) is 0. The zero-order valence-electron chi connectivity index (χ0n) is 1.80. The summed E-state index contributed by atoms with van der Waals surface area (Å²) in [6, 6.07) is 0. The standard InChI is InChI=1S/Be.Co.Cu.Fe.Ni.Si.2H. The van der Waals surface area contributed by atoms with Crippen molar-refractivity contribution in [1.29, 1.82) is 0 Å². The molecule has 0 aromatic heterocycles. The van der Waals surface area contributed by atoms with E-state index in [0.29, 0.717) is 0 Å². The molecule has 0 aromatic rings. The van der Waals surface area contributed by atoms with E-state index in [9.17, 15) is 0 Å². The van der Waals surface area contributed by atoms with E-state index in [1.165, 1.54) is 0 Å². The van der Waals surface area contributed by atoms with Crippen molar-refractivity contribution >= 4 is 21.1 Å². The van der Waals surface area contributed by atoms with Crippen LogP contribution in [0.15, 0.2) is 0 Å². The minimum atomic E-state index is 0. The second kappa shape index (κ2) is 52.1. The summed E-state index contributed by atoms with van der Waals surface area (Å²) < 4.78 is 0.